The van der Waals surface area contributed by atoms with Crippen LogP contribution < -0.4 is 5.32 Å². The molecule has 2 aromatic carbocycles. The maximum Gasteiger partial charge on any atom is 0.0665 e. The summed E-state index contributed by atoms with van der Waals surface area (Å²) in [6.45, 7) is 3.00. The Labute approximate surface area is 178 Å². The van der Waals surface area contributed by atoms with Crippen LogP contribution in [0.4, 0.5) is 0 Å². The minimum atomic E-state index is 0.666. The molecule has 0 saturated heterocycles. The normalized spacial score (nSPS) is 14.7. The van der Waals surface area contributed by atoms with E-state index < -0.39 is 0 Å². The van der Waals surface area contributed by atoms with Gasteiger partial charge < -0.3 is 5.32 Å². The predicted octanol–water partition coefficient (Wildman–Crippen LogP) is 6.91. The van der Waals surface area contributed by atoms with Gasteiger partial charge in [0, 0.05) is 23.8 Å². The maximum atomic E-state index is 6.56. The molecule has 1 aromatic heterocycles. The molecule has 1 heterocycles. The van der Waals surface area contributed by atoms with Gasteiger partial charge in [-0.15, -0.1) is 0 Å². The number of aromatic nitrogens is 1. The summed E-state index contributed by atoms with van der Waals surface area (Å²) >= 11 is 6.56. The molecule has 3 heteroatoms. The Hall–Kier alpha value is -2.42. The lowest BCUT2D eigenvalue weighted by Gasteiger charge is -2.12. The van der Waals surface area contributed by atoms with Crippen LogP contribution in [-0.4, -0.2) is 11.0 Å². The summed E-state index contributed by atoms with van der Waals surface area (Å²) in [6, 6.07) is 19.5. The first-order valence-electron chi connectivity index (χ1n) is 10.4. The first-order valence-corrected chi connectivity index (χ1v) is 10.8. The second-order valence-corrected chi connectivity index (χ2v) is 8.19. The topological polar surface area (TPSA) is 24.9 Å². The lowest BCUT2D eigenvalue weighted by atomic mass is 10.00. The number of pyridine rings is 1. The molecule has 3 aromatic rings. The second kappa shape index (κ2) is 9.39. The molecule has 1 aliphatic carbocycles. The Morgan fingerprint density at radius 3 is 2.59 bits per heavy atom. The maximum absolute atomic E-state index is 6.56. The van der Waals surface area contributed by atoms with E-state index >= 15 is 0 Å². The molecule has 0 spiro atoms. The molecule has 0 radical (unpaired) electrons. The van der Waals surface area contributed by atoms with Crippen LogP contribution in [-0.2, 0) is 6.54 Å². The van der Waals surface area contributed by atoms with Crippen LogP contribution >= 0.6 is 11.6 Å². The molecule has 1 N–H and O–H groups in total. The van der Waals surface area contributed by atoms with E-state index in [9.17, 15) is 0 Å². The monoisotopic (exact) mass is 402 g/mol. The van der Waals surface area contributed by atoms with Gasteiger partial charge >= 0.3 is 0 Å². The molecule has 0 atom stereocenters. The van der Waals surface area contributed by atoms with Gasteiger partial charge in [0.1, 0.15) is 0 Å². The van der Waals surface area contributed by atoms with Crippen LogP contribution in [0.15, 0.2) is 60.8 Å². The highest BCUT2D eigenvalue weighted by Crippen LogP contribution is 2.26. The highest BCUT2D eigenvalue weighted by Gasteiger charge is 2.14. The Morgan fingerprint density at radius 2 is 1.83 bits per heavy atom. The molecule has 1 aliphatic rings. The molecule has 1 saturated carbocycles. The molecule has 0 aliphatic heterocycles. The lowest BCUT2D eigenvalue weighted by molar-refractivity contribution is 0.524. The summed E-state index contributed by atoms with van der Waals surface area (Å²) < 4.78 is 0. The third-order valence-corrected chi connectivity index (χ3v) is 6.09. The van der Waals surface area contributed by atoms with E-state index in [0.29, 0.717) is 6.04 Å². The van der Waals surface area contributed by atoms with E-state index in [2.05, 4.69) is 77.9 Å². The molecule has 0 unspecified atom stereocenters. The Balaban J connectivity index is 1.49. The zero-order valence-electron chi connectivity index (χ0n) is 16.9. The van der Waals surface area contributed by atoms with Gasteiger partial charge in [-0.3, -0.25) is 4.98 Å². The van der Waals surface area contributed by atoms with Crippen molar-refractivity contribution in [2.75, 3.05) is 0 Å². The highest BCUT2D eigenvalue weighted by molar-refractivity contribution is 6.32. The van der Waals surface area contributed by atoms with Gasteiger partial charge in [-0.05, 0) is 65.8 Å². The quantitative estimate of drug-likeness (QED) is 0.484. The standard InChI is InChI=1S/C26H27ClN2/c1-19-24(21-7-3-2-4-8-21)15-16-28-26(19)14-13-22-12-11-20(17-25(22)27)18-29-23-9-5-6-10-23/h2-4,7-8,11-17,23,29H,5-6,9-10,18H2,1H3/b14-13+. The Kier molecular flexibility index (Phi) is 6.43. The molecule has 0 bridgehead atoms. The largest absolute Gasteiger partial charge is 0.310 e. The zero-order chi connectivity index (χ0) is 20.1. The molecular formula is C26H27ClN2. The number of nitrogens with one attached hydrogen (secondary N) is 1. The first-order chi connectivity index (χ1) is 14.2. The van der Waals surface area contributed by atoms with Crippen LogP contribution in [0.1, 0.15) is 48.1 Å². The summed E-state index contributed by atoms with van der Waals surface area (Å²) in [7, 11) is 0. The molecule has 4 rings (SSSR count). The lowest BCUT2D eigenvalue weighted by Crippen LogP contribution is -2.25. The van der Waals surface area contributed by atoms with Crippen molar-refractivity contribution in [3.05, 3.63) is 88.2 Å². The van der Waals surface area contributed by atoms with Gasteiger partial charge in [0.05, 0.1) is 5.69 Å². The van der Waals surface area contributed by atoms with Gasteiger partial charge in [0.2, 0.25) is 0 Å². The van der Waals surface area contributed by atoms with E-state index in [1.807, 2.05) is 12.3 Å². The minimum absolute atomic E-state index is 0.666. The minimum Gasteiger partial charge on any atom is -0.310 e. The van der Waals surface area contributed by atoms with Crippen molar-refractivity contribution in [2.24, 2.45) is 0 Å². The van der Waals surface area contributed by atoms with E-state index in [4.69, 9.17) is 11.6 Å². The summed E-state index contributed by atoms with van der Waals surface area (Å²) in [5, 5.41) is 4.43. The number of benzene rings is 2. The average molecular weight is 403 g/mol. The van der Waals surface area contributed by atoms with E-state index in [1.54, 1.807) is 0 Å². The van der Waals surface area contributed by atoms with Crippen LogP contribution in [0.25, 0.3) is 23.3 Å². The van der Waals surface area contributed by atoms with Crippen molar-refractivity contribution < 1.29 is 0 Å². The van der Waals surface area contributed by atoms with Crippen molar-refractivity contribution in [3.63, 3.8) is 0 Å². The Bertz CT molecular complexity index is 989. The van der Waals surface area contributed by atoms with E-state index in [-0.39, 0.29) is 0 Å². The fraction of sp³-hybridized carbons (Fsp3) is 0.269. The fourth-order valence-electron chi connectivity index (χ4n) is 4.03. The predicted molar refractivity (Wildman–Crippen MR) is 124 cm³/mol. The van der Waals surface area contributed by atoms with Gasteiger partial charge in [-0.1, -0.05) is 73.0 Å². The van der Waals surface area contributed by atoms with Crippen LogP contribution in [0.5, 0.6) is 0 Å². The number of hydrogen-bond donors (Lipinski definition) is 1. The average Bonchev–Trinajstić information content (AvgIpc) is 3.27. The number of nitrogens with zero attached hydrogens (tertiary/aromatic N) is 1. The van der Waals surface area contributed by atoms with Crippen LogP contribution in [0.2, 0.25) is 5.02 Å². The molecule has 1 fully saturated rings. The molecule has 29 heavy (non-hydrogen) atoms. The van der Waals surface area contributed by atoms with Crippen LogP contribution in [0, 0.1) is 6.92 Å². The third-order valence-electron chi connectivity index (χ3n) is 5.76. The highest BCUT2D eigenvalue weighted by atomic mass is 35.5. The third kappa shape index (κ3) is 4.95. The SMILES string of the molecule is Cc1c(-c2ccccc2)ccnc1/C=C/c1ccc(CNC2CCCC2)cc1Cl. The number of halogens is 1. The smallest absolute Gasteiger partial charge is 0.0665 e. The summed E-state index contributed by atoms with van der Waals surface area (Å²) in [4.78, 5) is 4.56. The van der Waals surface area contributed by atoms with Crippen molar-refractivity contribution in [1.29, 1.82) is 0 Å². The van der Waals surface area contributed by atoms with Gasteiger partial charge in [-0.25, -0.2) is 0 Å². The summed E-state index contributed by atoms with van der Waals surface area (Å²) in [6.07, 6.45) is 11.3. The van der Waals surface area contributed by atoms with E-state index in [1.165, 1.54) is 47.9 Å². The molecular weight excluding hydrogens is 376 g/mol. The van der Waals surface area contributed by atoms with Crippen molar-refractivity contribution >= 4 is 23.8 Å². The molecule has 148 valence electrons. The first kappa shape index (κ1) is 19.9. The summed E-state index contributed by atoms with van der Waals surface area (Å²) in [5.41, 5.74) is 6.80. The van der Waals surface area contributed by atoms with Gasteiger partial charge in [-0.2, -0.15) is 0 Å². The molecule has 0 amide bonds. The van der Waals surface area contributed by atoms with Crippen molar-refractivity contribution in [1.82, 2.24) is 10.3 Å². The van der Waals surface area contributed by atoms with Gasteiger partial charge in [0.15, 0.2) is 0 Å². The second-order valence-electron chi connectivity index (χ2n) is 7.79. The zero-order valence-corrected chi connectivity index (χ0v) is 17.6. The molecule has 2 nitrogen and oxygen atoms in total. The van der Waals surface area contributed by atoms with Crippen molar-refractivity contribution in [3.8, 4) is 11.1 Å². The van der Waals surface area contributed by atoms with Gasteiger partial charge in [0.25, 0.3) is 0 Å². The summed E-state index contributed by atoms with van der Waals surface area (Å²) in [5.74, 6) is 0. The Morgan fingerprint density at radius 1 is 1.03 bits per heavy atom. The fourth-order valence-corrected chi connectivity index (χ4v) is 4.29. The van der Waals surface area contributed by atoms with Crippen LogP contribution in [0.3, 0.4) is 0 Å². The van der Waals surface area contributed by atoms with E-state index in [0.717, 1.165) is 22.8 Å². The number of hydrogen-bond acceptors (Lipinski definition) is 2. The number of rotatable bonds is 6. The van der Waals surface area contributed by atoms with Crippen molar-refractivity contribution in [2.45, 2.75) is 45.2 Å².